The maximum Gasteiger partial charge on any atom is 0.316 e. The predicted molar refractivity (Wildman–Crippen MR) is 68.1 cm³/mol. The second-order valence-electron chi connectivity index (χ2n) is 4.47. The number of carbonyl (C=O) groups excluding carboxylic acids is 1. The zero-order valence-electron chi connectivity index (χ0n) is 10.8. The van der Waals surface area contributed by atoms with Gasteiger partial charge in [0, 0.05) is 6.20 Å². The number of hydrogen-bond donors (Lipinski definition) is 1. The van der Waals surface area contributed by atoms with Gasteiger partial charge in [-0.15, -0.1) is 0 Å². The molecule has 0 bridgehead atoms. The minimum absolute atomic E-state index is 0.115. The number of carbonyl (C=O) groups is 1. The van der Waals surface area contributed by atoms with E-state index in [1.54, 1.807) is 13.1 Å². The van der Waals surface area contributed by atoms with Crippen LogP contribution >= 0.6 is 0 Å². The van der Waals surface area contributed by atoms with E-state index < -0.39 is 0 Å². The second-order valence-corrected chi connectivity index (χ2v) is 4.47. The fraction of sp³-hybridized carbons (Fsp3) is 0.462. The molecular weight excluding hydrogens is 230 g/mol. The summed E-state index contributed by atoms with van der Waals surface area (Å²) in [6, 6.07) is 3.72. The van der Waals surface area contributed by atoms with Gasteiger partial charge in [0.1, 0.15) is 11.7 Å². The van der Waals surface area contributed by atoms with Crippen molar-refractivity contribution in [3.05, 3.63) is 24.2 Å². The summed E-state index contributed by atoms with van der Waals surface area (Å²) in [4.78, 5) is 23.6. The van der Waals surface area contributed by atoms with Crippen molar-refractivity contribution in [2.75, 3.05) is 6.61 Å². The number of pyridine rings is 1. The first-order valence-corrected chi connectivity index (χ1v) is 6.10. The van der Waals surface area contributed by atoms with Crippen LogP contribution in [-0.2, 0) is 9.53 Å². The standard InChI is InChI=1S/C13H17N3O2/c1-4-18-13(17)10(8(2)3)12-15-9-6-5-7-14-11(9)16-12/h5-8,10H,4H2,1-3H3,(H,14,15,16). The Hall–Kier alpha value is -1.91. The average molecular weight is 247 g/mol. The Morgan fingerprint density at radius 2 is 2.28 bits per heavy atom. The highest BCUT2D eigenvalue weighted by atomic mass is 16.5. The molecule has 0 aromatic carbocycles. The molecule has 0 fully saturated rings. The summed E-state index contributed by atoms with van der Waals surface area (Å²) in [5.74, 6) is 0.118. The lowest BCUT2D eigenvalue weighted by atomic mass is 9.95. The molecule has 1 unspecified atom stereocenters. The van der Waals surface area contributed by atoms with Crippen LogP contribution in [0.15, 0.2) is 18.3 Å². The number of imidazole rings is 1. The molecule has 2 aromatic rings. The largest absolute Gasteiger partial charge is 0.465 e. The monoisotopic (exact) mass is 247 g/mol. The summed E-state index contributed by atoms with van der Waals surface area (Å²) in [7, 11) is 0. The molecule has 2 rings (SSSR count). The van der Waals surface area contributed by atoms with Crippen LogP contribution in [0.4, 0.5) is 0 Å². The SMILES string of the molecule is CCOC(=O)C(c1nc2ncccc2[nH]1)C(C)C. The van der Waals surface area contributed by atoms with E-state index in [1.807, 2.05) is 26.0 Å². The molecule has 0 aliphatic rings. The highest BCUT2D eigenvalue weighted by Gasteiger charge is 2.28. The number of H-pyrrole nitrogens is 1. The molecule has 2 heterocycles. The lowest BCUT2D eigenvalue weighted by Gasteiger charge is -2.16. The smallest absolute Gasteiger partial charge is 0.316 e. The first-order chi connectivity index (χ1) is 8.63. The van der Waals surface area contributed by atoms with Crippen LogP contribution in [0, 0.1) is 5.92 Å². The van der Waals surface area contributed by atoms with E-state index in [9.17, 15) is 4.79 Å². The summed E-state index contributed by atoms with van der Waals surface area (Å²) in [5, 5.41) is 0. The van der Waals surface area contributed by atoms with E-state index in [1.165, 1.54) is 0 Å². The summed E-state index contributed by atoms with van der Waals surface area (Å²) in [5.41, 5.74) is 1.46. The number of hydrogen-bond acceptors (Lipinski definition) is 4. The zero-order valence-corrected chi connectivity index (χ0v) is 10.8. The molecule has 5 nitrogen and oxygen atoms in total. The molecule has 5 heteroatoms. The van der Waals surface area contributed by atoms with Gasteiger partial charge in [0.25, 0.3) is 0 Å². The number of esters is 1. The lowest BCUT2D eigenvalue weighted by Crippen LogP contribution is -2.22. The van der Waals surface area contributed by atoms with E-state index in [0.29, 0.717) is 18.1 Å². The van der Waals surface area contributed by atoms with Gasteiger partial charge in [-0.25, -0.2) is 9.97 Å². The molecule has 2 aromatic heterocycles. The van der Waals surface area contributed by atoms with Gasteiger partial charge < -0.3 is 9.72 Å². The zero-order chi connectivity index (χ0) is 13.1. The first-order valence-electron chi connectivity index (χ1n) is 6.10. The summed E-state index contributed by atoms with van der Waals surface area (Å²) in [6.07, 6.45) is 1.68. The number of nitrogens with zero attached hydrogens (tertiary/aromatic N) is 2. The third-order valence-electron chi connectivity index (χ3n) is 2.78. The predicted octanol–water partition coefficient (Wildman–Crippen LogP) is 2.26. The van der Waals surface area contributed by atoms with Crippen molar-refractivity contribution in [2.45, 2.75) is 26.7 Å². The van der Waals surface area contributed by atoms with Gasteiger partial charge in [-0.2, -0.15) is 0 Å². The Balaban J connectivity index is 2.38. The highest BCUT2D eigenvalue weighted by Crippen LogP contribution is 2.25. The first kappa shape index (κ1) is 12.5. The summed E-state index contributed by atoms with van der Waals surface area (Å²) in [6.45, 7) is 6.13. The topological polar surface area (TPSA) is 67.9 Å². The molecule has 96 valence electrons. The van der Waals surface area contributed by atoms with Crippen molar-refractivity contribution in [3.63, 3.8) is 0 Å². The Morgan fingerprint density at radius 3 is 2.89 bits per heavy atom. The number of rotatable bonds is 4. The Morgan fingerprint density at radius 1 is 1.50 bits per heavy atom. The van der Waals surface area contributed by atoms with Gasteiger partial charge in [-0.3, -0.25) is 4.79 Å². The van der Waals surface area contributed by atoms with Gasteiger partial charge in [0.2, 0.25) is 0 Å². The second kappa shape index (κ2) is 5.16. The maximum atomic E-state index is 12.0. The summed E-state index contributed by atoms with van der Waals surface area (Å²) >= 11 is 0. The number of aromatic nitrogens is 3. The molecule has 1 N–H and O–H groups in total. The van der Waals surface area contributed by atoms with Gasteiger partial charge >= 0.3 is 5.97 Å². The van der Waals surface area contributed by atoms with Gasteiger partial charge in [-0.05, 0) is 25.0 Å². The quantitative estimate of drug-likeness (QED) is 0.841. The molecule has 0 radical (unpaired) electrons. The van der Waals surface area contributed by atoms with Crippen LogP contribution in [-0.4, -0.2) is 27.5 Å². The highest BCUT2D eigenvalue weighted by molar-refractivity contribution is 5.79. The van der Waals surface area contributed by atoms with Crippen molar-refractivity contribution in [3.8, 4) is 0 Å². The van der Waals surface area contributed by atoms with Crippen LogP contribution in [0.3, 0.4) is 0 Å². The third kappa shape index (κ3) is 2.34. The van der Waals surface area contributed by atoms with Crippen molar-refractivity contribution in [2.24, 2.45) is 5.92 Å². The molecule has 0 saturated heterocycles. The van der Waals surface area contributed by atoms with Crippen LogP contribution in [0.5, 0.6) is 0 Å². The van der Waals surface area contributed by atoms with Crippen molar-refractivity contribution in [1.82, 2.24) is 15.0 Å². The van der Waals surface area contributed by atoms with E-state index in [2.05, 4.69) is 15.0 Å². The van der Waals surface area contributed by atoms with Gasteiger partial charge in [0.05, 0.1) is 12.1 Å². The van der Waals surface area contributed by atoms with E-state index in [4.69, 9.17) is 4.74 Å². The van der Waals surface area contributed by atoms with Crippen LogP contribution in [0.1, 0.15) is 32.5 Å². The van der Waals surface area contributed by atoms with Gasteiger partial charge in [0.15, 0.2) is 5.65 Å². The Labute approximate surface area is 106 Å². The van der Waals surface area contributed by atoms with Crippen molar-refractivity contribution in [1.29, 1.82) is 0 Å². The van der Waals surface area contributed by atoms with E-state index >= 15 is 0 Å². The van der Waals surface area contributed by atoms with Crippen LogP contribution in [0.2, 0.25) is 0 Å². The van der Waals surface area contributed by atoms with Crippen LogP contribution in [0.25, 0.3) is 11.2 Å². The van der Waals surface area contributed by atoms with E-state index in [0.717, 1.165) is 5.52 Å². The molecule has 1 atom stereocenters. The molecule has 0 saturated carbocycles. The Kier molecular flexibility index (Phi) is 3.60. The molecular formula is C13H17N3O2. The minimum atomic E-state index is -0.376. The minimum Gasteiger partial charge on any atom is -0.465 e. The number of nitrogens with one attached hydrogen (secondary N) is 1. The number of fused-ring (bicyclic) bond motifs is 1. The normalized spacial score (nSPS) is 12.9. The average Bonchev–Trinajstić information content (AvgIpc) is 2.71. The lowest BCUT2D eigenvalue weighted by molar-refractivity contribution is -0.146. The van der Waals surface area contributed by atoms with Gasteiger partial charge in [-0.1, -0.05) is 13.8 Å². The maximum absolute atomic E-state index is 12.0. The number of ether oxygens (including phenoxy) is 1. The van der Waals surface area contributed by atoms with E-state index in [-0.39, 0.29) is 17.8 Å². The molecule has 0 amide bonds. The Bertz CT molecular complexity index is 515. The van der Waals surface area contributed by atoms with Crippen molar-refractivity contribution >= 4 is 17.1 Å². The fourth-order valence-electron chi connectivity index (χ4n) is 1.94. The van der Waals surface area contributed by atoms with Crippen LogP contribution < -0.4 is 0 Å². The molecule has 0 aliphatic carbocycles. The summed E-state index contributed by atoms with van der Waals surface area (Å²) < 4.78 is 5.10. The molecule has 0 aliphatic heterocycles. The molecule has 18 heavy (non-hydrogen) atoms. The third-order valence-corrected chi connectivity index (χ3v) is 2.78. The van der Waals surface area contributed by atoms with Crippen molar-refractivity contribution < 1.29 is 9.53 Å². The molecule has 0 spiro atoms. The fourth-order valence-corrected chi connectivity index (χ4v) is 1.94. The number of aromatic amines is 1.